The largest absolute Gasteiger partial charge is 0.504 e. The molecule has 1 heterocycles. The second-order valence-electron chi connectivity index (χ2n) is 5.24. The summed E-state index contributed by atoms with van der Waals surface area (Å²) in [6.45, 7) is 2.30. The summed E-state index contributed by atoms with van der Waals surface area (Å²) in [5.74, 6) is 0.306. The maximum Gasteiger partial charge on any atom is 0.264 e. The lowest BCUT2D eigenvalue weighted by Gasteiger charge is -2.08. The molecule has 2 aromatic carbocycles. The van der Waals surface area contributed by atoms with Crippen LogP contribution in [0, 0.1) is 3.57 Å². The van der Waals surface area contributed by atoms with E-state index in [4.69, 9.17) is 4.74 Å². The highest BCUT2D eigenvalue weighted by Gasteiger charge is 2.24. The van der Waals surface area contributed by atoms with Crippen molar-refractivity contribution in [1.29, 1.82) is 0 Å². The molecule has 1 amide bonds. The first kappa shape index (κ1) is 19.2. The van der Waals surface area contributed by atoms with Crippen molar-refractivity contribution in [1.82, 2.24) is 5.32 Å². The molecule has 0 aliphatic carbocycles. The number of aliphatic imine (C=N–C) groups is 1. The summed E-state index contributed by atoms with van der Waals surface area (Å²) in [7, 11) is 0. The first-order valence-electron chi connectivity index (χ1n) is 7.66. The quantitative estimate of drug-likeness (QED) is 0.417. The van der Waals surface area contributed by atoms with E-state index in [1.807, 2.05) is 53.8 Å². The minimum absolute atomic E-state index is 0.107. The summed E-state index contributed by atoms with van der Waals surface area (Å²) in [4.78, 5) is 17.2. The van der Waals surface area contributed by atoms with E-state index in [9.17, 15) is 9.90 Å². The third kappa shape index (κ3) is 4.60. The van der Waals surface area contributed by atoms with Crippen molar-refractivity contribution in [3.8, 4) is 11.5 Å². The minimum Gasteiger partial charge on any atom is -0.504 e. The molecule has 2 aromatic rings. The lowest BCUT2D eigenvalue weighted by Crippen LogP contribution is -2.19. The molecule has 1 aliphatic heterocycles. The molecule has 5 nitrogen and oxygen atoms in total. The number of benzene rings is 2. The third-order valence-electron chi connectivity index (χ3n) is 3.36. The van der Waals surface area contributed by atoms with Crippen LogP contribution in [-0.2, 0) is 4.79 Å². The molecule has 0 unspecified atom stereocenters. The number of amides is 1. The van der Waals surface area contributed by atoms with Gasteiger partial charge in [0.15, 0.2) is 16.7 Å². The smallest absolute Gasteiger partial charge is 0.264 e. The maximum absolute atomic E-state index is 12.2. The highest BCUT2D eigenvalue weighted by molar-refractivity contribution is 14.1. The molecule has 1 aliphatic rings. The SMILES string of the molecule is CCOc1cc(/C=C2/SC(=Nc3ccc(Br)cc3)NC2=O)cc(I)c1O. The van der Waals surface area contributed by atoms with Gasteiger partial charge in [0.2, 0.25) is 0 Å². The zero-order valence-corrected chi connectivity index (χ0v) is 18.2. The van der Waals surface area contributed by atoms with Crippen LogP contribution in [0.2, 0.25) is 0 Å². The predicted molar refractivity (Wildman–Crippen MR) is 117 cm³/mol. The van der Waals surface area contributed by atoms with Crippen molar-refractivity contribution in [2.24, 2.45) is 4.99 Å². The first-order valence-corrected chi connectivity index (χ1v) is 10.4. The van der Waals surface area contributed by atoms with Crippen LogP contribution in [-0.4, -0.2) is 22.8 Å². The number of carbonyl (C=O) groups excluding carboxylic acids is 1. The Morgan fingerprint density at radius 2 is 2.08 bits per heavy atom. The fraction of sp³-hybridized carbons (Fsp3) is 0.111. The van der Waals surface area contributed by atoms with Gasteiger partial charge < -0.3 is 15.2 Å². The van der Waals surface area contributed by atoms with Gasteiger partial charge in [-0.3, -0.25) is 4.79 Å². The third-order valence-corrected chi connectivity index (χ3v) is 5.62. The molecule has 3 rings (SSSR count). The lowest BCUT2D eigenvalue weighted by molar-refractivity contribution is -0.115. The van der Waals surface area contributed by atoms with Crippen molar-refractivity contribution in [2.45, 2.75) is 6.92 Å². The number of rotatable bonds is 4. The molecular formula is C18H14BrIN2O3S. The average molecular weight is 545 g/mol. The van der Waals surface area contributed by atoms with E-state index in [1.54, 1.807) is 18.2 Å². The van der Waals surface area contributed by atoms with Crippen LogP contribution in [0.25, 0.3) is 6.08 Å². The van der Waals surface area contributed by atoms with Gasteiger partial charge in [0, 0.05) is 4.47 Å². The van der Waals surface area contributed by atoms with Gasteiger partial charge in [-0.15, -0.1) is 0 Å². The number of nitrogens with zero attached hydrogens (tertiary/aromatic N) is 1. The van der Waals surface area contributed by atoms with E-state index in [1.165, 1.54) is 11.8 Å². The Balaban J connectivity index is 1.86. The van der Waals surface area contributed by atoms with Crippen molar-refractivity contribution in [3.05, 3.63) is 54.9 Å². The van der Waals surface area contributed by atoms with Crippen LogP contribution >= 0.6 is 50.3 Å². The predicted octanol–water partition coefficient (Wildman–Crippen LogP) is 5.05. The number of carbonyl (C=O) groups is 1. The number of nitrogens with one attached hydrogen (secondary N) is 1. The molecule has 2 N–H and O–H groups in total. The van der Waals surface area contributed by atoms with Gasteiger partial charge in [0.25, 0.3) is 5.91 Å². The number of hydrogen-bond acceptors (Lipinski definition) is 5. The summed E-state index contributed by atoms with van der Waals surface area (Å²) in [5, 5.41) is 13.3. The van der Waals surface area contributed by atoms with E-state index in [0.29, 0.717) is 26.0 Å². The molecule has 0 radical (unpaired) electrons. The zero-order chi connectivity index (χ0) is 18.7. The Labute approximate surface area is 177 Å². The molecule has 0 bridgehead atoms. The van der Waals surface area contributed by atoms with Gasteiger partial charge in [0.05, 0.1) is 20.8 Å². The Bertz CT molecular complexity index is 913. The molecule has 26 heavy (non-hydrogen) atoms. The number of aromatic hydroxyl groups is 1. The van der Waals surface area contributed by atoms with Crippen LogP contribution in [0.4, 0.5) is 5.69 Å². The van der Waals surface area contributed by atoms with Crippen molar-refractivity contribution in [3.63, 3.8) is 0 Å². The van der Waals surface area contributed by atoms with Gasteiger partial charge in [0.1, 0.15) is 0 Å². The van der Waals surface area contributed by atoms with E-state index >= 15 is 0 Å². The van der Waals surface area contributed by atoms with Crippen molar-refractivity contribution in [2.75, 3.05) is 6.61 Å². The molecule has 1 fully saturated rings. The monoisotopic (exact) mass is 544 g/mol. The van der Waals surface area contributed by atoms with Gasteiger partial charge >= 0.3 is 0 Å². The van der Waals surface area contributed by atoms with E-state index in [-0.39, 0.29) is 11.7 Å². The van der Waals surface area contributed by atoms with Crippen LogP contribution in [0.3, 0.4) is 0 Å². The number of ether oxygens (including phenoxy) is 1. The summed E-state index contributed by atoms with van der Waals surface area (Å²) < 4.78 is 7.07. The molecule has 0 spiro atoms. The van der Waals surface area contributed by atoms with Gasteiger partial charge in [-0.05, 0) is 89.3 Å². The lowest BCUT2D eigenvalue weighted by atomic mass is 10.2. The zero-order valence-electron chi connectivity index (χ0n) is 13.6. The molecule has 1 saturated heterocycles. The second kappa shape index (κ2) is 8.45. The first-order chi connectivity index (χ1) is 12.5. The van der Waals surface area contributed by atoms with Crippen molar-refractivity contribution >= 4 is 73.1 Å². The molecular weight excluding hydrogens is 531 g/mol. The average Bonchev–Trinajstić information content (AvgIpc) is 2.94. The highest BCUT2D eigenvalue weighted by atomic mass is 127. The fourth-order valence-corrected chi connectivity index (χ4v) is 3.94. The molecule has 134 valence electrons. The number of amidine groups is 1. The number of hydrogen-bond donors (Lipinski definition) is 2. The Kier molecular flexibility index (Phi) is 6.25. The normalized spacial score (nSPS) is 17.0. The number of phenols is 1. The summed E-state index contributed by atoms with van der Waals surface area (Å²) >= 11 is 6.69. The molecule has 0 atom stereocenters. The Hall–Kier alpha value is -1.52. The molecule has 0 aromatic heterocycles. The van der Waals surface area contributed by atoms with E-state index in [0.717, 1.165) is 15.7 Å². The highest BCUT2D eigenvalue weighted by Crippen LogP contribution is 2.35. The number of halogens is 2. The molecule has 8 heteroatoms. The fourth-order valence-electron chi connectivity index (χ4n) is 2.21. The van der Waals surface area contributed by atoms with Crippen LogP contribution in [0.1, 0.15) is 12.5 Å². The summed E-state index contributed by atoms with van der Waals surface area (Å²) in [5.41, 5.74) is 1.54. The summed E-state index contributed by atoms with van der Waals surface area (Å²) in [6.07, 6.45) is 1.76. The minimum atomic E-state index is -0.202. The standard InChI is InChI=1S/C18H14BrIN2O3S/c1-2-25-14-8-10(7-13(20)16(14)23)9-15-17(24)22-18(26-15)21-12-5-3-11(19)4-6-12/h3-9,23H,2H2,1H3,(H,21,22,24)/b15-9+. The number of thioether (sulfide) groups is 1. The van der Waals surface area contributed by atoms with Gasteiger partial charge in [-0.1, -0.05) is 15.9 Å². The second-order valence-corrected chi connectivity index (χ2v) is 8.35. The van der Waals surface area contributed by atoms with Crippen LogP contribution < -0.4 is 10.1 Å². The van der Waals surface area contributed by atoms with Gasteiger partial charge in [-0.2, -0.15) is 0 Å². The molecule has 0 saturated carbocycles. The topological polar surface area (TPSA) is 70.9 Å². The maximum atomic E-state index is 12.2. The van der Waals surface area contributed by atoms with Crippen molar-refractivity contribution < 1.29 is 14.6 Å². The van der Waals surface area contributed by atoms with E-state index < -0.39 is 0 Å². The van der Waals surface area contributed by atoms with Crippen LogP contribution in [0.5, 0.6) is 11.5 Å². The Morgan fingerprint density at radius 3 is 2.77 bits per heavy atom. The van der Waals surface area contributed by atoms with Gasteiger partial charge in [-0.25, -0.2) is 4.99 Å². The number of phenolic OH excluding ortho intramolecular Hbond substituents is 1. The Morgan fingerprint density at radius 1 is 1.35 bits per heavy atom. The van der Waals surface area contributed by atoms with E-state index in [2.05, 4.69) is 26.2 Å². The summed E-state index contributed by atoms with van der Waals surface area (Å²) in [6, 6.07) is 11.0. The van der Waals surface area contributed by atoms with Crippen LogP contribution in [0.15, 0.2) is 50.8 Å².